The van der Waals surface area contributed by atoms with Gasteiger partial charge in [0.1, 0.15) is 4.34 Å². The summed E-state index contributed by atoms with van der Waals surface area (Å²) in [6, 6.07) is 7.31. The summed E-state index contributed by atoms with van der Waals surface area (Å²) >= 11 is 10.9. The minimum Gasteiger partial charge on any atom is -0.380 e. The van der Waals surface area contributed by atoms with Crippen LogP contribution in [-0.2, 0) is 6.54 Å². The second-order valence-corrected chi connectivity index (χ2v) is 6.95. The molecule has 3 rings (SSSR count). The summed E-state index contributed by atoms with van der Waals surface area (Å²) in [5, 5.41) is 3.24. The van der Waals surface area contributed by atoms with Gasteiger partial charge >= 0.3 is 11.1 Å². The molecule has 0 bridgehead atoms. The van der Waals surface area contributed by atoms with Crippen molar-refractivity contribution >= 4 is 55.6 Å². The van der Waals surface area contributed by atoms with Crippen LogP contribution in [0.3, 0.4) is 0 Å². The lowest BCUT2D eigenvalue weighted by Gasteiger charge is -2.06. The van der Waals surface area contributed by atoms with Crippen LogP contribution >= 0.6 is 38.9 Å². The Morgan fingerprint density at radius 1 is 1.14 bits per heavy atom. The molecule has 21 heavy (non-hydrogen) atoms. The summed E-state index contributed by atoms with van der Waals surface area (Å²) in [6.45, 7) is 0.620. The minimum absolute atomic E-state index is 0.579. The number of nitrogens with one attached hydrogen (secondary N) is 3. The molecule has 0 atom stereocenters. The Kier molecular flexibility index (Phi) is 3.88. The van der Waals surface area contributed by atoms with Gasteiger partial charge in [0.25, 0.3) is 0 Å². The normalized spacial score (nSPS) is 11.0. The fourth-order valence-corrected chi connectivity index (χ4v) is 3.62. The van der Waals surface area contributed by atoms with Gasteiger partial charge in [0, 0.05) is 21.6 Å². The maximum absolute atomic E-state index is 11.3. The molecule has 1 aromatic carbocycles. The molecule has 0 fully saturated rings. The van der Waals surface area contributed by atoms with E-state index in [1.807, 2.05) is 12.1 Å². The first-order chi connectivity index (χ1) is 10.0. The Bertz CT molecular complexity index is 912. The third kappa shape index (κ3) is 3.04. The molecule has 108 valence electrons. The highest BCUT2D eigenvalue weighted by atomic mass is 79.9. The Hall–Kier alpha value is -1.57. The van der Waals surface area contributed by atoms with E-state index in [2.05, 4.69) is 31.2 Å². The van der Waals surface area contributed by atoms with Crippen LogP contribution in [0.2, 0.25) is 4.34 Å². The molecule has 0 saturated carbocycles. The number of fused-ring (bicyclic) bond motifs is 1. The first-order valence-corrected chi connectivity index (χ1v) is 7.95. The van der Waals surface area contributed by atoms with E-state index in [0.717, 1.165) is 15.0 Å². The SMILES string of the molecule is O=c1[nH]c2ccc(NCc3cc(Br)c(Cl)s3)cc2[nH]c1=O. The zero-order chi connectivity index (χ0) is 15.0. The van der Waals surface area contributed by atoms with Gasteiger partial charge in [-0.15, -0.1) is 11.3 Å². The van der Waals surface area contributed by atoms with Crippen LogP contribution in [0.1, 0.15) is 4.88 Å². The Morgan fingerprint density at radius 2 is 1.86 bits per heavy atom. The molecule has 0 amide bonds. The molecule has 0 unspecified atom stereocenters. The summed E-state index contributed by atoms with van der Waals surface area (Å²) in [5.41, 5.74) is 0.697. The summed E-state index contributed by atoms with van der Waals surface area (Å²) in [5.74, 6) is 0. The number of anilines is 1. The van der Waals surface area contributed by atoms with E-state index in [1.54, 1.807) is 12.1 Å². The molecule has 3 N–H and O–H groups in total. The Balaban J connectivity index is 1.86. The Labute approximate surface area is 136 Å². The largest absolute Gasteiger partial charge is 0.380 e. The van der Waals surface area contributed by atoms with Crippen molar-refractivity contribution in [3.05, 3.63) is 58.7 Å². The maximum Gasteiger partial charge on any atom is 0.314 e. The van der Waals surface area contributed by atoms with Gasteiger partial charge in [0.05, 0.1) is 11.0 Å². The molecule has 2 heterocycles. The maximum atomic E-state index is 11.3. The number of hydrogen-bond donors (Lipinski definition) is 3. The van der Waals surface area contributed by atoms with Crippen LogP contribution in [0.5, 0.6) is 0 Å². The molecule has 0 aliphatic carbocycles. The zero-order valence-corrected chi connectivity index (χ0v) is 13.7. The quantitative estimate of drug-likeness (QED) is 0.604. The fourth-order valence-electron chi connectivity index (χ4n) is 1.89. The van der Waals surface area contributed by atoms with Crippen LogP contribution in [0.25, 0.3) is 11.0 Å². The van der Waals surface area contributed by atoms with Crippen molar-refractivity contribution in [1.29, 1.82) is 0 Å². The second kappa shape index (κ2) is 5.67. The molecule has 8 heteroatoms. The van der Waals surface area contributed by atoms with Gasteiger partial charge in [-0.2, -0.15) is 0 Å². The molecule has 0 aliphatic rings. The highest BCUT2D eigenvalue weighted by Crippen LogP contribution is 2.32. The van der Waals surface area contributed by atoms with Crippen LogP contribution in [-0.4, -0.2) is 9.97 Å². The standard InChI is InChI=1S/C13H9BrClN3O2S/c14-8-4-7(21-11(8)15)5-16-6-1-2-9-10(3-6)18-13(20)12(19)17-9/h1-4,16H,5H2,(H,17,19)(H,18,20). The average Bonchev–Trinajstić information content (AvgIpc) is 2.77. The summed E-state index contributed by atoms with van der Waals surface area (Å²) in [4.78, 5) is 28.7. The molecular formula is C13H9BrClN3O2S. The van der Waals surface area contributed by atoms with Gasteiger partial charge in [0.2, 0.25) is 0 Å². The van der Waals surface area contributed by atoms with Gasteiger partial charge in [-0.05, 0) is 40.2 Å². The number of benzene rings is 1. The molecule has 2 aromatic heterocycles. The molecule has 0 radical (unpaired) electrons. The van der Waals surface area contributed by atoms with Gasteiger partial charge in [-0.1, -0.05) is 11.6 Å². The molecule has 0 saturated heterocycles. The lowest BCUT2D eigenvalue weighted by atomic mass is 10.2. The van der Waals surface area contributed by atoms with E-state index in [9.17, 15) is 9.59 Å². The minimum atomic E-state index is -0.659. The van der Waals surface area contributed by atoms with E-state index in [1.165, 1.54) is 11.3 Å². The van der Waals surface area contributed by atoms with Crippen molar-refractivity contribution < 1.29 is 0 Å². The summed E-state index contributed by atoms with van der Waals surface area (Å²) < 4.78 is 1.60. The highest BCUT2D eigenvalue weighted by molar-refractivity contribution is 9.10. The van der Waals surface area contributed by atoms with Crippen LogP contribution in [0.15, 0.2) is 38.3 Å². The third-order valence-electron chi connectivity index (χ3n) is 2.89. The zero-order valence-electron chi connectivity index (χ0n) is 10.5. The van der Waals surface area contributed by atoms with Gasteiger partial charge in [0.15, 0.2) is 0 Å². The highest BCUT2D eigenvalue weighted by Gasteiger charge is 2.05. The van der Waals surface area contributed by atoms with Crippen LogP contribution in [0, 0.1) is 0 Å². The van der Waals surface area contributed by atoms with E-state index >= 15 is 0 Å². The van der Waals surface area contributed by atoms with Crippen molar-refractivity contribution in [3.63, 3.8) is 0 Å². The van der Waals surface area contributed by atoms with Crippen molar-refractivity contribution in [1.82, 2.24) is 9.97 Å². The molecule has 3 aromatic rings. The average molecular weight is 387 g/mol. The van der Waals surface area contributed by atoms with E-state index in [0.29, 0.717) is 21.9 Å². The van der Waals surface area contributed by atoms with E-state index in [-0.39, 0.29) is 0 Å². The predicted molar refractivity (Wildman–Crippen MR) is 89.5 cm³/mol. The molecule has 0 aliphatic heterocycles. The lowest BCUT2D eigenvalue weighted by Crippen LogP contribution is -2.28. The van der Waals surface area contributed by atoms with Gasteiger partial charge < -0.3 is 15.3 Å². The number of thiophene rings is 1. The third-order valence-corrected chi connectivity index (χ3v) is 5.36. The van der Waals surface area contributed by atoms with Gasteiger partial charge in [-0.25, -0.2) is 0 Å². The predicted octanol–water partition coefficient (Wildman–Crippen LogP) is 3.31. The van der Waals surface area contributed by atoms with Crippen LogP contribution in [0.4, 0.5) is 5.69 Å². The first kappa shape index (κ1) is 14.4. The summed E-state index contributed by atoms with van der Waals surface area (Å²) in [6.07, 6.45) is 0. The van der Waals surface area contributed by atoms with Crippen LogP contribution < -0.4 is 16.4 Å². The Morgan fingerprint density at radius 3 is 2.52 bits per heavy atom. The topological polar surface area (TPSA) is 77.8 Å². The first-order valence-electron chi connectivity index (χ1n) is 5.97. The molecular weight excluding hydrogens is 378 g/mol. The number of halogens is 2. The number of H-pyrrole nitrogens is 2. The van der Waals surface area contributed by atoms with Gasteiger partial charge in [-0.3, -0.25) is 9.59 Å². The number of aromatic nitrogens is 2. The van der Waals surface area contributed by atoms with Crippen molar-refractivity contribution in [2.45, 2.75) is 6.54 Å². The smallest absolute Gasteiger partial charge is 0.314 e. The number of hydrogen-bond acceptors (Lipinski definition) is 4. The number of rotatable bonds is 3. The van der Waals surface area contributed by atoms with E-state index in [4.69, 9.17) is 11.6 Å². The second-order valence-electron chi connectivity index (χ2n) is 4.36. The lowest BCUT2D eigenvalue weighted by molar-refractivity contribution is 1.14. The van der Waals surface area contributed by atoms with Crippen molar-refractivity contribution in [2.24, 2.45) is 0 Å². The molecule has 0 spiro atoms. The van der Waals surface area contributed by atoms with E-state index < -0.39 is 11.1 Å². The monoisotopic (exact) mass is 385 g/mol. The summed E-state index contributed by atoms with van der Waals surface area (Å²) in [7, 11) is 0. The fraction of sp³-hybridized carbons (Fsp3) is 0.0769. The number of aromatic amines is 2. The molecule has 5 nitrogen and oxygen atoms in total. The van der Waals surface area contributed by atoms with Crippen molar-refractivity contribution in [2.75, 3.05) is 5.32 Å². The van der Waals surface area contributed by atoms with Crippen molar-refractivity contribution in [3.8, 4) is 0 Å².